The Morgan fingerprint density at radius 2 is 1.54 bits per heavy atom. The maximum Gasteiger partial charge on any atom is 0.0375 e. The minimum atomic E-state index is 1.00. The molecule has 2 bridgehead atoms. The lowest BCUT2D eigenvalue weighted by atomic mass is 9.74. The van der Waals surface area contributed by atoms with Crippen molar-refractivity contribution >= 4 is 28.1 Å². The van der Waals surface area contributed by atoms with Gasteiger partial charge in [-0.25, -0.2) is 0 Å². The van der Waals surface area contributed by atoms with E-state index in [0.29, 0.717) is 0 Å². The van der Waals surface area contributed by atoms with Crippen molar-refractivity contribution in [2.45, 2.75) is 68.2 Å². The molecule has 2 aliphatic rings. The van der Waals surface area contributed by atoms with Crippen LogP contribution in [-0.4, -0.2) is 6.21 Å². The first-order chi connectivity index (χ1) is 13.4. The van der Waals surface area contributed by atoms with E-state index in [1.807, 2.05) is 13.8 Å². The molecule has 0 fully saturated rings. The van der Waals surface area contributed by atoms with Gasteiger partial charge in [0.1, 0.15) is 0 Å². The van der Waals surface area contributed by atoms with E-state index in [4.69, 9.17) is 4.99 Å². The van der Waals surface area contributed by atoms with Gasteiger partial charge in [-0.2, -0.15) is 0 Å². The summed E-state index contributed by atoms with van der Waals surface area (Å²) in [4.78, 5) is 4.75. The Morgan fingerprint density at radius 1 is 0.857 bits per heavy atom. The molecule has 0 atom stereocenters. The molecule has 4 rings (SSSR count). The molecular formula is C27H33N. The number of hydrogen-bond donors (Lipinski definition) is 0. The first-order valence-electron chi connectivity index (χ1n) is 10.6. The van der Waals surface area contributed by atoms with Gasteiger partial charge in [0, 0.05) is 11.9 Å². The molecule has 0 aromatic heterocycles. The lowest BCUT2D eigenvalue weighted by molar-refractivity contribution is 1.15. The van der Waals surface area contributed by atoms with Gasteiger partial charge < -0.3 is 0 Å². The van der Waals surface area contributed by atoms with Crippen LogP contribution in [0.3, 0.4) is 0 Å². The Morgan fingerprint density at radius 3 is 2.21 bits per heavy atom. The van der Waals surface area contributed by atoms with Gasteiger partial charge in [-0.15, -0.1) is 0 Å². The summed E-state index contributed by atoms with van der Waals surface area (Å²) >= 11 is 0. The largest absolute Gasteiger partial charge is 0.261 e. The molecule has 0 N–H and O–H groups in total. The van der Waals surface area contributed by atoms with E-state index < -0.39 is 0 Å². The van der Waals surface area contributed by atoms with Crippen molar-refractivity contribution < 1.29 is 0 Å². The molecule has 1 nitrogen and oxygen atoms in total. The summed E-state index contributed by atoms with van der Waals surface area (Å²) in [5.74, 6) is 0. The molecule has 0 unspecified atom stereocenters. The summed E-state index contributed by atoms with van der Waals surface area (Å²) < 4.78 is 0. The van der Waals surface area contributed by atoms with Crippen LogP contribution in [0.5, 0.6) is 0 Å². The molecule has 2 aromatic rings. The van der Waals surface area contributed by atoms with Gasteiger partial charge >= 0.3 is 0 Å². The second kappa shape index (κ2) is 7.91. The van der Waals surface area contributed by atoms with Crippen LogP contribution in [0.15, 0.2) is 46.1 Å². The normalized spacial score (nSPS) is 23.8. The molecule has 0 saturated carbocycles. The third-order valence-corrected chi connectivity index (χ3v) is 5.97. The van der Waals surface area contributed by atoms with Crippen molar-refractivity contribution in [2.24, 2.45) is 4.99 Å². The van der Waals surface area contributed by atoms with Crippen molar-refractivity contribution in [2.75, 3.05) is 0 Å². The fourth-order valence-corrected chi connectivity index (χ4v) is 4.71. The van der Waals surface area contributed by atoms with E-state index in [-0.39, 0.29) is 0 Å². The van der Waals surface area contributed by atoms with E-state index in [1.165, 1.54) is 60.9 Å². The second-order valence-corrected chi connectivity index (χ2v) is 7.80. The Balaban J connectivity index is 0.00000109. The molecule has 0 spiro atoms. The summed E-state index contributed by atoms with van der Waals surface area (Å²) in [6.07, 6.45) is 6.35. The zero-order valence-corrected chi connectivity index (χ0v) is 18.7. The maximum atomic E-state index is 4.75. The highest BCUT2D eigenvalue weighted by Gasteiger charge is 2.27. The number of allylic oxidation sites excluding steroid dienone is 6. The van der Waals surface area contributed by atoms with Gasteiger partial charge in [-0.1, -0.05) is 39.0 Å². The fourth-order valence-electron chi connectivity index (χ4n) is 4.71. The van der Waals surface area contributed by atoms with Gasteiger partial charge in [-0.3, -0.25) is 4.99 Å². The molecule has 0 radical (unpaired) electrons. The van der Waals surface area contributed by atoms with Crippen LogP contribution in [0.1, 0.15) is 75.3 Å². The lowest BCUT2D eigenvalue weighted by Gasteiger charge is -2.29. The first kappa shape index (κ1) is 20.3. The predicted molar refractivity (Wildman–Crippen MR) is 126 cm³/mol. The third kappa shape index (κ3) is 3.17. The maximum absolute atomic E-state index is 4.75. The molecule has 1 heterocycles. The predicted octanol–water partition coefficient (Wildman–Crippen LogP) is 8.12. The number of hydrogen-bond acceptors (Lipinski definition) is 1. The van der Waals surface area contributed by atoms with Crippen molar-refractivity contribution in [3.05, 3.63) is 68.9 Å². The van der Waals surface area contributed by atoms with Gasteiger partial charge in [0.05, 0.1) is 0 Å². The minimum absolute atomic E-state index is 1.00. The summed E-state index contributed by atoms with van der Waals surface area (Å²) in [7, 11) is 0. The number of aryl methyl sites for hydroxylation is 3. The number of benzene rings is 2. The summed E-state index contributed by atoms with van der Waals surface area (Å²) in [6.45, 7) is 17.4. The number of nitrogens with zero attached hydrogens (tertiary/aromatic N) is 1. The monoisotopic (exact) mass is 371 g/mol. The molecule has 1 aliphatic carbocycles. The van der Waals surface area contributed by atoms with Crippen LogP contribution in [0.4, 0.5) is 0 Å². The van der Waals surface area contributed by atoms with E-state index >= 15 is 0 Å². The van der Waals surface area contributed by atoms with Crippen molar-refractivity contribution in [3.8, 4) is 0 Å². The lowest BCUT2D eigenvalue weighted by Crippen LogP contribution is -2.08. The van der Waals surface area contributed by atoms with Crippen LogP contribution in [-0.2, 0) is 0 Å². The van der Waals surface area contributed by atoms with Crippen LogP contribution in [0.25, 0.3) is 21.9 Å². The van der Waals surface area contributed by atoms with E-state index in [2.05, 4.69) is 72.0 Å². The quantitative estimate of drug-likeness (QED) is 0.480. The molecule has 1 aliphatic heterocycles. The molecule has 2 aromatic carbocycles. The smallest absolute Gasteiger partial charge is 0.0375 e. The summed E-state index contributed by atoms with van der Waals surface area (Å²) in [5, 5.41) is 2.84. The van der Waals surface area contributed by atoms with Crippen molar-refractivity contribution in [1.82, 2.24) is 0 Å². The summed E-state index contributed by atoms with van der Waals surface area (Å²) in [5.41, 5.74) is 13.8. The van der Waals surface area contributed by atoms with Crippen LogP contribution in [0, 0.1) is 20.8 Å². The fraction of sp³-hybridized carbons (Fsp3) is 0.370. The highest BCUT2D eigenvalue weighted by molar-refractivity contribution is 6.12. The average molecular weight is 372 g/mol. The van der Waals surface area contributed by atoms with Gasteiger partial charge in [0.25, 0.3) is 0 Å². The Labute approximate surface area is 170 Å². The van der Waals surface area contributed by atoms with Crippen molar-refractivity contribution in [3.63, 3.8) is 0 Å². The van der Waals surface area contributed by atoms with E-state index in [1.54, 1.807) is 0 Å². The second-order valence-electron chi connectivity index (χ2n) is 7.80. The zero-order valence-electron chi connectivity index (χ0n) is 18.7. The van der Waals surface area contributed by atoms with Gasteiger partial charge in [0.15, 0.2) is 0 Å². The SMILES string of the molecule is CC.CCC1=C2\C\C(=C(C)/C=C(C)\N=C/1)c1c(C)ccc3c(C)cc(C)c2c13. The topological polar surface area (TPSA) is 12.4 Å². The van der Waals surface area contributed by atoms with Gasteiger partial charge in [-0.05, 0) is 114 Å². The molecule has 1 heteroatoms. The zero-order chi connectivity index (χ0) is 20.6. The van der Waals surface area contributed by atoms with E-state index in [9.17, 15) is 0 Å². The highest BCUT2D eigenvalue weighted by Crippen LogP contribution is 2.48. The average Bonchev–Trinajstić information content (AvgIpc) is 2.72. The van der Waals surface area contributed by atoms with Crippen molar-refractivity contribution in [1.29, 1.82) is 0 Å². The number of aliphatic imine (C=N–C) groups is 1. The standard InChI is InChI=1S/C25H27N.C2H6/c1-7-19-13-26-18(6)11-16(4)21-12-22(19)24-17(5)10-15(3)20-9-8-14(2)23(21)25(20)24;1-2/h8-11,13H,7,12H2,1-6H3;1-2H3/b18-11-,21-16+,22-19+,26-13-;. The van der Waals surface area contributed by atoms with Gasteiger partial charge in [0.2, 0.25) is 0 Å². The molecule has 0 amide bonds. The Kier molecular flexibility index (Phi) is 5.74. The number of fused-ring (bicyclic) bond motifs is 4. The third-order valence-electron chi connectivity index (χ3n) is 5.97. The highest BCUT2D eigenvalue weighted by atomic mass is 14.7. The van der Waals surface area contributed by atoms with Crippen LogP contribution >= 0.6 is 0 Å². The van der Waals surface area contributed by atoms with Crippen LogP contribution in [0.2, 0.25) is 0 Å². The molecule has 28 heavy (non-hydrogen) atoms. The summed E-state index contributed by atoms with van der Waals surface area (Å²) in [6, 6.07) is 6.95. The Bertz CT molecular complexity index is 1070. The van der Waals surface area contributed by atoms with Crippen LogP contribution < -0.4 is 0 Å². The number of rotatable bonds is 1. The minimum Gasteiger partial charge on any atom is -0.261 e. The molecule has 146 valence electrons. The molecular weight excluding hydrogens is 338 g/mol. The van der Waals surface area contributed by atoms with E-state index in [0.717, 1.165) is 18.5 Å². The Hall–Kier alpha value is -2.41. The molecule has 0 saturated heterocycles. The first-order valence-corrected chi connectivity index (χ1v) is 10.6.